The summed E-state index contributed by atoms with van der Waals surface area (Å²) in [7, 11) is 1.84. The maximum Gasteiger partial charge on any atom is 0.226 e. The van der Waals surface area contributed by atoms with E-state index in [-0.39, 0.29) is 18.3 Å². The topological polar surface area (TPSA) is 59.0 Å². The predicted molar refractivity (Wildman–Crippen MR) is 74.1 cm³/mol. The number of hydrogen-bond donors (Lipinski definition) is 2. The SMILES string of the molecule is CNCCC(=O)Nc1ccnn1C(C)C1CC1.Cl. The number of halogens is 1. The Morgan fingerprint density at radius 3 is 2.94 bits per heavy atom. The first-order valence-corrected chi connectivity index (χ1v) is 6.20. The lowest BCUT2D eigenvalue weighted by atomic mass is 10.2. The fourth-order valence-corrected chi connectivity index (χ4v) is 1.96. The monoisotopic (exact) mass is 272 g/mol. The summed E-state index contributed by atoms with van der Waals surface area (Å²) in [5, 5.41) is 10.2. The van der Waals surface area contributed by atoms with Gasteiger partial charge < -0.3 is 10.6 Å². The first-order chi connectivity index (χ1) is 8.22. The zero-order valence-electron chi connectivity index (χ0n) is 10.8. The molecule has 2 rings (SSSR count). The van der Waals surface area contributed by atoms with Crippen LogP contribution in [0.4, 0.5) is 5.82 Å². The van der Waals surface area contributed by atoms with Gasteiger partial charge in [-0.2, -0.15) is 5.10 Å². The van der Waals surface area contributed by atoms with Crippen LogP contribution < -0.4 is 10.6 Å². The molecule has 5 nitrogen and oxygen atoms in total. The van der Waals surface area contributed by atoms with Crippen molar-refractivity contribution < 1.29 is 4.79 Å². The number of anilines is 1. The van der Waals surface area contributed by atoms with Crippen molar-refractivity contribution in [2.45, 2.75) is 32.2 Å². The van der Waals surface area contributed by atoms with E-state index in [1.807, 2.05) is 17.8 Å². The van der Waals surface area contributed by atoms with E-state index in [0.717, 1.165) is 11.7 Å². The molecule has 1 fully saturated rings. The lowest BCUT2D eigenvalue weighted by Crippen LogP contribution is -2.21. The highest BCUT2D eigenvalue weighted by Crippen LogP contribution is 2.40. The molecule has 0 spiro atoms. The molecule has 1 aliphatic rings. The smallest absolute Gasteiger partial charge is 0.226 e. The highest BCUT2D eigenvalue weighted by molar-refractivity contribution is 5.89. The van der Waals surface area contributed by atoms with Crippen molar-refractivity contribution in [3.63, 3.8) is 0 Å². The number of nitrogens with zero attached hydrogens (tertiary/aromatic N) is 2. The molecule has 0 saturated heterocycles. The van der Waals surface area contributed by atoms with Crippen LogP contribution >= 0.6 is 12.4 Å². The Morgan fingerprint density at radius 2 is 2.33 bits per heavy atom. The van der Waals surface area contributed by atoms with Crippen molar-refractivity contribution in [2.75, 3.05) is 18.9 Å². The van der Waals surface area contributed by atoms with E-state index < -0.39 is 0 Å². The molecular formula is C12H21ClN4O. The standard InChI is InChI=1S/C12H20N4O.ClH/c1-9(10-3-4-10)16-11(5-8-14-16)15-12(17)6-7-13-2;/h5,8-10,13H,3-4,6-7H2,1-2H3,(H,15,17);1H. The molecule has 1 heterocycles. The fraction of sp³-hybridized carbons (Fsp3) is 0.667. The highest BCUT2D eigenvalue weighted by atomic mass is 35.5. The van der Waals surface area contributed by atoms with Crippen LogP contribution in [-0.4, -0.2) is 29.3 Å². The number of rotatable bonds is 6. The maximum atomic E-state index is 11.6. The Morgan fingerprint density at radius 1 is 1.61 bits per heavy atom. The van der Waals surface area contributed by atoms with Gasteiger partial charge in [0.1, 0.15) is 5.82 Å². The Labute approximate surface area is 114 Å². The van der Waals surface area contributed by atoms with Crippen molar-refractivity contribution >= 4 is 24.1 Å². The summed E-state index contributed by atoms with van der Waals surface area (Å²) < 4.78 is 1.93. The van der Waals surface area contributed by atoms with Crippen molar-refractivity contribution in [1.82, 2.24) is 15.1 Å². The molecule has 1 aromatic heterocycles. The van der Waals surface area contributed by atoms with Crippen molar-refractivity contribution in [2.24, 2.45) is 5.92 Å². The second-order valence-electron chi connectivity index (χ2n) is 4.64. The van der Waals surface area contributed by atoms with Gasteiger partial charge in [-0.3, -0.25) is 4.79 Å². The normalized spacial score (nSPS) is 15.9. The average Bonchev–Trinajstić information content (AvgIpc) is 3.07. The average molecular weight is 273 g/mol. The summed E-state index contributed by atoms with van der Waals surface area (Å²) in [4.78, 5) is 11.6. The second kappa shape index (κ2) is 6.75. The summed E-state index contributed by atoms with van der Waals surface area (Å²) >= 11 is 0. The highest BCUT2D eigenvalue weighted by Gasteiger charge is 2.30. The molecule has 1 atom stereocenters. The summed E-state index contributed by atoms with van der Waals surface area (Å²) in [6.45, 7) is 2.85. The molecule has 1 unspecified atom stereocenters. The van der Waals surface area contributed by atoms with E-state index >= 15 is 0 Å². The first-order valence-electron chi connectivity index (χ1n) is 6.20. The summed E-state index contributed by atoms with van der Waals surface area (Å²) in [5.41, 5.74) is 0. The number of carbonyl (C=O) groups is 1. The van der Waals surface area contributed by atoms with Gasteiger partial charge in [0.05, 0.1) is 12.2 Å². The molecule has 0 aliphatic heterocycles. The van der Waals surface area contributed by atoms with Crippen LogP contribution in [0.3, 0.4) is 0 Å². The van der Waals surface area contributed by atoms with Crippen LogP contribution in [0.5, 0.6) is 0 Å². The van der Waals surface area contributed by atoms with Gasteiger partial charge in [0.15, 0.2) is 0 Å². The Hall–Kier alpha value is -1.07. The van der Waals surface area contributed by atoms with E-state index in [1.54, 1.807) is 6.20 Å². The number of amides is 1. The zero-order valence-corrected chi connectivity index (χ0v) is 11.7. The van der Waals surface area contributed by atoms with Crippen LogP contribution in [0, 0.1) is 5.92 Å². The van der Waals surface area contributed by atoms with Gasteiger partial charge in [-0.15, -0.1) is 12.4 Å². The minimum atomic E-state index is 0. The predicted octanol–water partition coefficient (Wildman–Crippen LogP) is 1.82. The van der Waals surface area contributed by atoms with Crippen molar-refractivity contribution in [3.8, 4) is 0 Å². The van der Waals surface area contributed by atoms with E-state index in [9.17, 15) is 4.79 Å². The van der Waals surface area contributed by atoms with Gasteiger partial charge in [0.25, 0.3) is 0 Å². The third-order valence-electron chi connectivity index (χ3n) is 3.23. The number of aromatic nitrogens is 2. The van der Waals surface area contributed by atoms with Crippen LogP contribution in [0.2, 0.25) is 0 Å². The molecule has 0 radical (unpaired) electrons. The molecule has 102 valence electrons. The number of nitrogens with one attached hydrogen (secondary N) is 2. The van der Waals surface area contributed by atoms with Crippen LogP contribution in [0.15, 0.2) is 12.3 Å². The summed E-state index contributed by atoms with van der Waals surface area (Å²) in [6, 6.07) is 2.24. The number of hydrogen-bond acceptors (Lipinski definition) is 3. The van der Waals surface area contributed by atoms with Gasteiger partial charge in [0, 0.05) is 19.0 Å². The molecule has 1 saturated carbocycles. The second-order valence-corrected chi connectivity index (χ2v) is 4.64. The van der Waals surface area contributed by atoms with E-state index in [2.05, 4.69) is 22.7 Å². The van der Waals surface area contributed by atoms with Gasteiger partial charge in [-0.05, 0) is 32.7 Å². The van der Waals surface area contributed by atoms with Gasteiger partial charge >= 0.3 is 0 Å². The largest absolute Gasteiger partial charge is 0.319 e. The molecule has 2 N–H and O–H groups in total. The Bertz CT molecular complexity index is 389. The van der Waals surface area contributed by atoms with Crippen molar-refractivity contribution in [3.05, 3.63) is 12.3 Å². The third kappa shape index (κ3) is 3.71. The zero-order chi connectivity index (χ0) is 12.3. The number of carbonyl (C=O) groups excluding carboxylic acids is 1. The fourth-order valence-electron chi connectivity index (χ4n) is 1.96. The quantitative estimate of drug-likeness (QED) is 0.831. The van der Waals surface area contributed by atoms with E-state index in [1.165, 1.54) is 12.8 Å². The first kappa shape index (κ1) is 15.0. The van der Waals surface area contributed by atoms with Crippen LogP contribution in [0.1, 0.15) is 32.2 Å². The minimum Gasteiger partial charge on any atom is -0.319 e. The van der Waals surface area contributed by atoms with E-state index in [4.69, 9.17) is 0 Å². The van der Waals surface area contributed by atoms with Gasteiger partial charge in [-0.25, -0.2) is 4.68 Å². The van der Waals surface area contributed by atoms with Gasteiger partial charge in [0.2, 0.25) is 5.91 Å². The Kier molecular flexibility index (Phi) is 5.62. The van der Waals surface area contributed by atoms with E-state index in [0.29, 0.717) is 19.0 Å². The minimum absolute atomic E-state index is 0. The molecule has 1 aliphatic carbocycles. The Balaban J connectivity index is 0.00000162. The van der Waals surface area contributed by atoms with Crippen LogP contribution in [0.25, 0.3) is 0 Å². The maximum absolute atomic E-state index is 11.6. The van der Waals surface area contributed by atoms with Crippen LogP contribution in [-0.2, 0) is 4.79 Å². The van der Waals surface area contributed by atoms with Gasteiger partial charge in [-0.1, -0.05) is 0 Å². The third-order valence-corrected chi connectivity index (χ3v) is 3.23. The molecule has 1 amide bonds. The molecule has 18 heavy (non-hydrogen) atoms. The molecule has 1 aromatic rings. The summed E-state index contributed by atoms with van der Waals surface area (Å²) in [5.74, 6) is 1.57. The molecule has 0 aromatic carbocycles. The molecule has 6 heteroatoms. The molecule has 0 bridgehead atoms. The lowest BCUT2D eigenvalue weighted by molar-refractivity contribution is -0.116. The lowest BCUT2D eigenvalue weighted by Gasteiger charge is -2.15. The summed E-state index contributed by atoms with van der Waals surface area (Å²) in [6.07, 6.45) is 4.77. The molecular weight excluding hydrogens is 252 g/mol. The van der Waals surface area contributed by atoms with Crippen molar-refractivity contribution in [1.29, 1.82) is 0 Å².